The lowest BCUT2D eigenvalue weighted by Crippen LogP contribution is -2.43. The molecule has 1 aromatic heterocycles. The summed E-state index contributed by atoms with van der Waals surface area (Å²) in [6.07, 6.45) is 5.36. The molecule has 0 atom stereocenters. The van der Waals surface area contributed by atoms with E-state index in [1.54, 1.807) is 29.0 Å². The SMILES string of the molecule is Cc1nn(-c2ccc(F)cc2)c(Cl)c1C=CC(=O)N1CCC(CN2CCOCC2)CC1. The second-order valence-electron chi connectivity index (χ2n) is 8.19. The predicted molar refractivity (Wildman–Crippen MR) is 119 cm³/mol. The number of ether oxygens (including phenoxy) is 1. The zero-order chi connectivity index (χ0) is 21.8. The van der Waals surface area contributed by atoms with Crippen molar-refractivity contribution in [2.24, 2.45) is 5.92 Å². The molecule has 2 aromatic rings. The van der Waals surface area contributed by atoms with Gasteiger partial charge in [0, 0.05) is 44.4 Å². The minimum atomic E-state index is -0.316. The van der Waals surface area contributed by atoms with Crippen LogP contribution in [0, 0.1) is 18.7 Å². The molecule has 3 heterocycles. The van der Waals surface area contributed by atoms with Gasteiger partial charge in [0.1, 0.15) is 11.0 Å². The summed E-state index contributed by atoms with van der Waals surface area (Å²) in [5.41, 5.74) is 2.08. The van der Waals surface area contributed by atoms with Gasteiger partial charge in [-0.25, -0.2) is 9.07 Å². The van der Waals surface area contributed by atoms with Crippen LogP contribution in [0.15, 0.2) is 30.3 Å². The van der Waals surface area contributed by atoms with Gasteiger partial charge in [-0.1, -0.05) is 11.6 Å². The van der Waals surface area contributed by atoms with Crippen molar-refractivity contribution < 1.29 is 13.9 Å². The van der Waals surface area contributed by atoms with E-state index in [-0.39, 0.29) is 11.7 Å². The maximum atomic E-state index is 13.2. The molecule has 4 rings (SSSR count). The topological polar surface area (TPSA) is 50.6 Å². The Morgan fingerprint density at radius 2 is 1.87 bits per heavy atom. The van der Waals surface area contributed by atoms with E-state index in [1.165, 1.54) is 12.1 Å². The number of aromatic nitrogens is 2. The average molecular weight is 447 g/mol. The quantitative estimate of drug-likeness (QED) is 0.659. The molecule has 1 aromatic carbocycles. The molecule has 1 amide bonds. The molecule has 2 fully saturated rings. The summed E-state index contributed by atoms with van der Waals surface area (Å²) in [4.78, 5) is 17.1. The molecule has 8 heteroatoms. The first-order valence-corrected chi connectivity index (χ1v) is 11.2. The fourth-order valence-corrected chi connectivity index (χ4v) is 4.53. The molecule has 0 spiro atoms. The van der Waals surface area contributed by atoms with Gasteiger partial charge in [-0.2, -0.15) is 5.10 Å². The summed E-state index contributed by atoms with van der Waals surface area (Å²) in [6, 6.07) is 5.97. The lowest BCUT2D eigenvalue weighted by molar-refractivity contribution is -0.127. The molecule has 166 valence electrons. The zero-order valence-electron chi connectivity index (χ0n) is 17.8. The van der Waals surface area contributed by atoms with E-state index >= 15 is 0 Å². The molecular weight excluding hydrogens is 419 g/mol. The van der Waals surface area contributed by atoms with E-state index in [4.69, 9.17) is 16.3 Å². The van der Waals surface area contributed by atoms with Gasteiger partial charge in [0.25, 0.3) is 0 Å². The van der Waals surface area contributed by atoms with E-state index in [0.717, 1.165) is 58.8 Å². The van der Waals surface area contributed by atoms with Crippen molar-refractivity contribution in [3.05, 3.63) is 52.6 Å². The molecule has 2 saturated heterocycles. The highest BCUT2D eigenvalue weighted by molar-refractivity contribution is 6.31. The van der Waals surface area contributed by atoms with Crippen LogP contribution in [0.3, 0.4) is 0 Å². The third-order valence-corrected chi connectivity index (χ3v) is 6.42. The Hall–Kier alpha value is -2.22. The number of hydrogen-bond donors (Lipinski definition) is 0. The number of piperidine rings is 1. The van der Waals surface area contributed by atoms with Gasteiger partial charge >= 0.3 is 0 Å². The van der Waals surface area contributed by atoms with Gasteiger partial charge in [0.2, 0.25) is 5.91 Å². The number of halogens is 2. The van der Waals surface area contributed by atoms with Crippen LogP contribution >= 0.6 is 11.6 Å². The van der Waals surface area contributed by atoms with Crippen molar-refractivity contribution in [2.45, 2.75) is 19.8 Å². The van der Waals surface area contributed by atoms with Crippen LogP contribution < -0.4 is 0 Å². The molecule has 2 aliphatic heterocycles. The largest absolute Gasteiger partial charge is 0.379 e. The van der Waals surface area contributed by atoms with E-state index in [1.807, 2.05) is 11.8 Å². The number of nitrogens with zero attached hydrogens (tertiary/aromatic N) is 4. The van der Waals surface area contributed by atoms with Gasteiger partial charge in [0.15, 0.2) is 0 Å². The highest BCUT2D eigenvalue weighted by Crippen LogP contribution is 2.25. The molecule has 6 nitrogen and oxygen atoms in total. The van der Waals surface area contributed by atoms with Crippen LogP contribution in [-0.2, 0) is 9.53 Å². The first kappa shape index (κ1) is 22.0. The zero-order valence-corrected chi connectivity index (χ0v) is 18.5. The Balaban J connectivity index is 1.35. The lowest BCUT2D eigenvalue weighted by Gasteiger charge is -2.35. The minimum Gasteiger partial charge on any atom is -0.379 e. The Kier molecular flexibility index (Phi) is 7.05. The normalized spacial score (nSPS) is 18.7. The fourth-order valence-electron chi connectivity index (χ4n) is 4.20. The highest BCUT2D eigenvalue weighted by atomic mass is 35.5. The van der Waals surface area contributed by atoms with Crippen LogP contribution in [0.1, 0.15) is 24.1 Å². The first-order chi connectivity index (χ1) is 15.0. The van der Waals surface area contributed by atoms with Crippen molar-refractivity contribution in [3.63, 3.8) is 0 Å². The average Bonchev–Trinajstić information content (AvgIpc) is 3.07. The Bertz CT molecular complexity index is 930. The fraction of sp³-hybridized carbons (Fsp3) is 0.478. The van der Waals surface area contributed by atoms with Crippen LogP contribution in [-0.4, -0.2) is 71.4 Å². The number of benzene rings is 1. The second kappa shape index (κ2) is 9.94. The molecule has 0 unspecified atom stereocenters. The molecule has 0 N–H and O–H groups in total. The molecule has 0 aliphatic carbocycles. The van der Waals surface area contributed by atoms with E-state index < -0.39 is 0 Å². The minimum absolute atomic E-state index is 0.00480. The Morgan fingerprint density at radius 1 is 1.19 bits per heavy atom. The second-order valence-corrected chi connectivity index (χ2v) is 8.55. The number of aryl methyl sites for hydroxylation is 1. The lowest BCUT2D eigenvalue weighted by atomic mass is 9.96. The number of amides is 1. The number of likely N-dealkylation sites (tertiary alicyclic amines) is 1. The van der Waals surface area contributed by atoms with E-state index in [9.17, 15) is 9.18 Å². The van der Waals surface area contributed by atoms with Crippen LogP contribution in [0.2, 0.25) is 5.15 Å². The van der Waals surface area contributed by atoms with E-state index in [2.05, 4.69) is 10.00 Å². The number of morpholine rings is 1. The van der Waals surface area contributed by atoms with Gasteiger partial charge < -0.3 is 9.64 Å². The summed E-state index contributed by atoms with van der Waals surface area (Å²) in [7, 11) is 0. The van der Waals surface area contributed by atoms with Gasteiger partial charge in [-0.3, -0.25) is 9.69 Å². The Labute approximate surface area is 187 Å². The van der Waals surface area contributed by atoms with Gasteiger partial charge in [-0.15, -0.1) is 0 Å². The number of rotatable bonds is 5. The highest BCUT2D eigenvalue weighted by Gasteiger charge is 2.24. The number of carbonyl (C=O) groups is 1. The summed E-state index contributed by atoms with van der Waals surface area (Å²) in [5, 5.41) is 4.84. The third kappa shape index (κ3) is 5.34. The summed E-state index contributed by atoms with van der Waals surface area (Å²) < 4.78 is 20.2. The Morgan fingerprint density at radius 3 is 2.55 bits per heavy atom. The molecule has 2 aliphatic rings. The summed E-state index contributed by atoms with van der Waals surface area (Å²) in [5.74, 6) is 0.315. The molecule has 0 saturated carbocycles. The van der Waals surface area contributed by atoms with Crippen molar-refractivity contribution in [1.82, 2.24) is 19.6 Å². The van der Waals surface area contributed by atoms with Gasteiger partial charge in [0.05, 0.1) is 24.6 Å². The van der Waals surface area contributed by atoms with Crippen LogP contribution in [0.5, 0.6) is 0 Å². The van der Waals surface area contributed by atoms with Crippen molar-refractivity contribution in [2.75, 3.05) is 45.9 Å². The standard InChI is InChI=1S/C23H28ClFN4O2/c1-17-21(23(24)29(26-17)20-4-2-19(25)3-5-20)6-7-22(30)28-10-8-18(9-11-28)16-27-12-14-31-15-13-27/h2-7,18H,8-16H2,1H3. The van der Waals surface area contributed by atoms with E-state index in [0.29, 0.717) is 28.0 Å². The molecule has 31 heavy (non-hydrogen) atoms. The third-order valence-electron chi connectivity index (χ3n) is 6.06. The first-order valence-electron chi connectivity index (χ1n) is 10.8. The molecular formula is C23H28ClFN4O2. The van der Waals surface area contributed by atoms with Crippen molar-refractivity contribution >= 4 is 23.6 Å². The maximum absolute atomic E-state index is 13.2. The number of carbonyl (C=O) groups excluding carboxylic acids is 1. The van der Waals surface area contributed by atoms with Crippen LogP contribution in [0.4, 0.5) is 4.39 Å². The van der Waals surface area contributed by atoms with Crippen LogP contribution in [0.25, 0.3) is 11.8 Å². The monoisotopic (exact) mass is 446 g/mol. The van der Waals surface area contributed by atoms with Crippen molar-refractivity contribution in [1.29, 1.82) is 0 Å². The molecule has 0 radical (unpaired) electrons. The van der Waals surface area contributed by atoms with Gasteiger partial charge in [-0.05, 0) is 56.0 Å². The maximum Gasteiger partial charge on any atom is 0.246 e. The summed E-state index contributed by atoms with van der Waals surface area (Å²) >= 11 is 6.50. The summed E-state index contributed by atoms with van der Waals surface area (Å²) in [6.45, 7) is 8.15. The van der Waals surface area contributed by atoms with Crippen molar-refractivity contribution in [3.8, 4) is 5.69 Å². The predicted octanol–water partition coefficient (Wildman–Crippen LogP) is 3.56. The smallest absolute Gasteiger partial charge is 0.246 e. The molecule has 0 bridgehead atoms. The number of hydrogen-bond acceptors (Lipinski definition) is 4.